The second-order valence-electron chi connectivity index (χ2n) is 6.97. The Hall–Kier alpha value is -4.86. The summed E-state index contributed by atoms with van der Waals surface area (Å²) in [6.45, 7) is -0.566. The Balaban J connectivity index is 1.44. The van der Waals surface area contributed by atoms with E-state index >= 15 is 0 Å². The Bertz CT molecular complexity index is 1340. The van der Waals surface area contributed by atoms with Gasteiger partial charge in [0.05, 0.1) is 17.4 Å². The number of tetrazole rings is 1. The summed E-state index contributed by atoms with van der Waals surface area (Å²) >= 11 is 0. The molecule has 10 heteroatoms. The van der Waals surface area contributed by atoms with Gasteiger partial charge in [-0.15, -0.1) is 5.10 Å². The first-order valence-electron chi connectivity index (χ1n) is 9.85. The molecule has 0 spiro atoms. The van der Waals surface area contributed by atoms with Crippen LogP contribution >= 0.6 is 0 Å². The highest BCUT2D eigenvalue weighted by Gasteiger charge is 2.36. The molecule has 0 unspecified atom stereocenters. The molecule has 10 nitrogen and oxygen atoms in total. The molecule has 0 fully saturated rings. The lowest BCUT2D eigenvalue weighted by Crippen LogP contribution is -2.33. The number of carbonyl (C=O) groups is 3. The van der Waals surface area contributed by atoms with Gasteiger partial charge in [-0.3, -0.25) is 9.59 Å². The van der Waals surface area contributed by atoms with Crippen molar-refractivity contribution in [3.63, 3.8) is 0 Å². The molecule has 0 radical (unpaired) electrons. The summed E-state index contributed by atoms with van der Waals surface area (Å²) in [4.78, 5) is 39.1. The molecule has 0 saturated carbocycles. The van der Waals surface area contributed by atoms with Crippen LogP contribution in [0, 0.1) is 0 Å². The second-order valence-corrected chi connectivity index (χ2v) is 6.97. The Labute approximate surface area is 186 Å². The van der Waals surface area contributed by atoms with E-state index in [4.69, 9.17) is 9.15 Å². The van der Waals surface area contributed by atoms with Gasteiger partial charge >= 0.3 is 5.97 Å². The summed E-state index contributed by atoms with van der Waals surface area (Å²) in [5, 5.41) is 11.6. The molecule has 2 amide bonds. The number of fused-ring (bicyclic) bond motifs is 1. The van der Waals surface area contributed by atoms with E-state index in [1.807, 2.05) is 18.2 Å². The minimum atomic E-state index is -0.854. The summed E-state index contributed by atoms with van der Waals surface area (Å²) in [5.41, 5.74) is 1.12. The predicted octanol–water partition coefficient (Wildman–Crippen LogP) is 2.73. The molecular formula is C23H15N5O5. The Kier molecular flexibility index (Phi) is 5.07. The number of hydrogen-bond donors (Lipinski definition) is 0. The number of furan rings is 1. The van der Waals surface area contributed by atoms with E-state index in [9.17, 15) is 14.4 Å². The lowest BCUT2D eigenvalue weighted by atomic mass is 10.1. The van der Waals surface area contributed by atoms with Gasteiger partial charge in [0, 0.05) is 11.6 Å². The van der Waals surface area contributed by atoms with Crippen molar-refractivity contribution in [2.24, 2.45) is 0 Å². The standard InChI is InChI=1S/C23H15N5O5/c29-21-17-10-4-5-11-18(17)22(30)27(21)14-33-23(31)19(13-16-9-6-12-32-16)28-20(24-25-26-28)15-7-2-1-3-8-15/h1-13H,14H2. The fraction of sp³-hybridized carbons (Fsp3) is 0.0435. The molecule has 5 rings (SSSR count). The highest BCUT2D eigenvalue weighted by atomic mass is 16.5. The normalized spacial score (nSPS) is 13.3. The maximum atomic E-state index is 13.1. The van der Waals surface area contributed by atoms with Gasteiger partial charge in [0.25, 0.3) is 11.8 Å². The van der Waals surface area contributed by atoms with Gasteiger partial charge in [0.1, 0.15) is 5.76 Å². The number of ether oxygens (including phenoxy) is 1. The van der Waals surface area contributed by atoms with Crippen molar-refractivity contribution < 1.29 is 23.5 Å². The van der Waals surface area contributed by atoms with E-state index in [0.717, 1.165) is 4.90 Å². The number of benzene rings is 2. The predicted molar refractivity (Wildman–Crippen MR) is 114 cm³/mol. The minimum Gasteiger partial charge on any atom is -0.465 e. The van der Waals surface area contributed by atoms with Crippen LogP contribution in [0.25, 0.3) is 23.2 Å². The zero-order chi connectivity index (χ0) is 22.8. The molecular weight excluding hydrogens is 426 g/mol. The van der Waals surface area contributed by atoms with E-state index in [1.165, 1.54) is 17.0 Å². The number of amides is 2. The second kappa shape index (κ2) is 8.35. The molecule has 1 aliphatic heterocycles. The summed E-state index contributed by atoms with van der Waals surface area (Å²) in [6.07, 6.45) is 2.86. The largest absolute Gasteiger partial charge is 0.465 e. The number of rotatable bonds is 6. The number of nitrogens with zero attached hydrogens (tertiary/aromatic N) is 5. The summed E-state index contributed by atoms with van der Waals surface area (Å²) < 4.78 is 11.9. The summed E-state index contributed by atoms with van der Waals surface area (Å²) in [7, 11) is 0. The highest BCUT2D eigenvalue weighted by Crippen LogP contribution is 2.24. The fourth-order valence-electron chi connectivity index (χ4n) is 3.38. The average Bonchev–Trinajstić information content (AvgIpc) is 3.59. The molecule has 1 aliphatic rings. The fourth-order valence-corrected chi connectivity index (χ4v) is 3.38. The van der Waals surface area contributed by atoms with Crippen molar-refractivity contribution in [1.82, 2.24) is 25.1 Å². The summed E-state index contributed by atoms with van der Waals surface area (Å²) in [5.74, 6) is -1.27. The first kappa shape index (κ1) is 20.1. The van der Waals surface area contributed by atoms with Gasteiger partial charge in [0.2, 0.25) is 0 Å². The van der Waals surface area contributed by atoms with Crippen molar-refractivity contribution in [3.8, 4) is 11.4 Å². The molecule has 33 heavy (non-hydrogen) atoms. The molecule has 4 aromatic rings. The van der Waals surface area contributed by atoms with Crippen molar-refractivity contribution in [1.29, 1.82) is 0 Å². The first-order valence-corrected chi connectivity index (χ1v) is 9.85. The Morgan fingerprint density at radius 3 is 2.30 bits per heavy atom. The van der Waals surface area contributed by atoms with E-state index < -0.39 is 24.5 Å². The molecule has 2 aromatic carbocycles. The number of imide groups is 1. The van der Waals surface area contributed by atoms with Crippen LogP contribution in [0.2, 0.25) is 0 Å². The molecule has 3 heterocycles. The number of aromatic nitrogens is 4. The maximum absolute atomic E-state index is 13.1. The smallest absolute Gasteiger partial charge is 0.359 e. The van der Waals surface area contributed by atoms with Crippen molar-refractivity contribution in [3.05, 3.63) is 89.9 Å². The summed E-state index contributed by atoms with van der Waals surface area (Å²) in [6, 6.07) is 18.8. The molecule has 0 bridgehead atoms. The monoisotopic (exact) mass is 441 g/mol. The van der Waals surface area contributed by atoms with Crippen LogP contribution < -0.4 is 0 Å². The third kappa shape index (κ3) is 3.69. The number of carbonyl (C=O) groups excluding carboxylic acids is 3. The van der Waals surface area contributed by atoms with Gasteiger partial charge in [0.15, 0.2) is 18.3 Å². The zero-order valence-corrected chi connectivity index (χ0v) is 17.0. The quantitative estimate of drug-likeness (QED) is 0.254. The third-order valence-electron chi connectivity index (χ3n) is 4.96. The third-order valence-corrected chi connectivity index (χ3v) is 4.96. The van der Waals surface area contributed by atoms with E-state index in [-0.39, 0.29) is 16.8 Å². The van der Waals surface area contributed by atoms with Gasteiger partial charge in [-0.25, -0.2) is 9.69 Å². The van der Waals surface area contributed by atoms with Gasteiger partial charge < -0.3 is 9.15 Å². The van der Waals surface area contributed by atoms with Crippen LogP contribution in [-0.4, -0.2) is 49.6 Å². The van der Waals surface area contributed by atoms with E-state index in [0.29, 0.717) is 17.1 Å². The topological polar surface area (TPSA) is 120 Å². The van der Waals surface area contributed by atoms with Crippen LogP contribution in [0.3, 0.4) is 0 Å². The van der Waals surface area contributed by atoms with Crippen molar-refractivity contribution in [2.45, 2.75) is 0 Å². The Morgan fingerprint density at radius 1 is 0.939 bits per heavy atom. The molecule has 162 valence electrons. The molecule has 0 saturated heterocycles. The molecule has 0 N–H and O–H groups in total. The van der Waals surface area contributed by atoms with E-state index in [1.54, 1.807) is 48.5 Å². The van der Waals surface area contributed by atoms with Crippen LogP contribution in [0.1, 0.15) is 26.5 Å². The molecule has 0 aliphatic carbocycles. The van der Waals surface area contributed by atoms with E-state index in [2.05, 4.69) is 15.5 Å². The van der Waals surface area contributed by atoms with Crippen LogP contribution in [0.15, 0.2) is 77.4 Å². The van der Waals surface area contributed by atoms with Gasteiger partial charge in [-0.1, -0.05) is 42.5 Å². The highest BCUT2D eigenvalue weighted by molar-refractivity contribution is 6.21. The van der Waals surface area contributed by atoms with Gasteiger partial charge in [-0.2, -0.15) is 4.68 Å². The minimum absolute atomic E-state index is 0.0644. The van der Waals surface area contributed by atoms with Crippen LogP contribution in [0.5, 0.6) is 0 Å². The first-order chi connectivity index (χ1) is 16.1. The van der Waals surface area contributed by atoms with Crippen molar-refractivity contribution in [2.75, 3.05) is 6.73 Å². The Morgan fingerprint density at radius 2 is 1.64 bits per heavy atom. The lowest BCUT2D eigenvalue weighted by Gasteiger charge is -2.15. The number of hydrogen-bond acceptors (Lipinski definition) is 8. The van der Waals surface area contributed by atoms with Crippen molar-refractivity contribution >= 4 is 29.6 Å². The number of esters is 1. The zero-order valence-electron chi connectivity index (χ0n) is 17.0. The van der Waals surface area contributed by atoms with Crippen LogP contribution in [0.4, 0.5) is 0 Å². The molecule has 0 atom stereocenters. The van der Waals surface area contributed by atoms with Gasteiger partial charge in [-0.05, 0) is 34.7 Å². The lowest BCUT2D eigenvalue weighted by molar-refractivity contribution is -0.139. The van der Waals surface area contributed by atoms with Crippen LogP contribution in [-0.2, 0) is 9.53 Å². The average molecular weight is 441 g/mol. The maximum Gasteiger partial charge on any atom is 0.359 e. The molecule has 2 aromatic heterocycles. The SMILES string of the molecule is O=C(OCN1C(=O)c2ccccc2C1=O)C(=Cc1ccco1)n1nnnc1-c1ccccc1.